The van der Waals surface area contributed by atoms with Gasteiger partial charge in [0.2, 0.25) is 0 Å². The topological polar surface area (TPSA) is 130 Å². The third-order valence-electron chi connectivity index (χ3n) is 0.993. The Morgan fingerprint density at radius 3 is 2.14 bits per heavy atom. The minimum atomic E-state index is -5.11. The van der Waals surface area contributed by atoms with Crippen LogP contribution in [0.5, 0.6) is 0 Å². The average Bonchev–Trinajstić information content (AvgIpc) is 1.96. The first-order valence-electron chi connectivity index (χ1n) is 3.42. The van der Waals surface area contributed by atoms with E-state index in [1.54, 1.807) is 0 Å². The molecule has 0 aromatic heterocycles. The Labute approximate surface area is 79.7 Å². The van der Waals surface area contributed by atoms with E-state index in [9.17, 15) is 13.9 Å². The number of carbonyl (C=O) groups excluding carboxylic acids is 1. The van der Waals surface area contributed by atoms with Crippen molar-refractivity contribution in [2.45, 2.75) is 13.3 Å². The zero-order valence-electron chi connectivity index (χ0n) is 7.19. The summed E-state index contributed by atoms with van der Waals surface area (Å²) < 4.78 is 28.3. The largest absolute Gasteiger partial charge is 0.481 e. The molecular formula is C4H10O8P2. The monoisotopic (exact) mass is 248 g/mol. The molecule has 0 aliphatic carbocycles. The summed E-state index contributed by atoms with van der Waals surface area (Å²) in [6.07, 6.45) is 0.0793. The number of ketones is 1. The predicted molar refractivity (Wildman–Crippen MR) is 44.2 cm³/mol. The first-order chi connectivity index (χ1) is 6.16. The van der Waals surface area contributed by atoms with E-state index in [2.05, 4.69) is 8.83 Å². The fourth-order valence-electron chi connectivity index (χ4n) is 0.414. The van der Waals surface area contributed by atoms with Crippen LogP contribution in [-0.4, -0.2) is 27.1 Å². The lowest BCUT2D eigenvalue weighted by Crippen LogP contribution is -2.06. The maximum absolute atomic E-state index is 10.7. The van der Waals surface area contributed by atoms with Crippen molar-refractivity contribution in [3.63, 3.8) is 0 Å². The Hall–Kier alpha value is -0.0700. The molecule has 0 aliphatic heterocycles. The summed E-state index contributed by atoms with van der Waals surface area (Å²) in [5.74, 6) is -0.492. The Bertz CT molecular complexity index is 292. The lowest BCUT2D eigenvalue weighted by molar-refractivity contribution is -0.121. The summed E-state index contributed by atoms with van der Waals surface area (Å²) in [5, 5.41) is 0. The van der Waals surface area contributed by atoms with Crippen LogP contribution in [-0.2, 0) is 22.8 Å². The smallest absolute Gasteiger partial charge is 0.302 e. The van der Waals surface area contributed by atoms with Crippen LogP contribution in [0, 0.1) is 0 Å². The summed E-state index contributed by atoms with van der Waals surface area (Å²) in [4.78, 5) is 35.6. The molecule has 1 atom stereocenters. The van der Waals surface area contributed by atoms with Crippen LogP contribution in [0.2, 0.25) is 0 Å². The Morgan fingerprint density at radius 2 is 1.79 bits per heavy atom. The lowest BCUT2D eigenvalue weighted by atomic mass is 10.3. The molecule has 3 N–H and O–H groups in total. The molecule has 0 saturated carbocycles. The van der Waals surface area contributed by atoms with Crippen molar-refractivity contribution < 1.29 is 37.4 Å². The standard InChI is InChI=1S/C4H10O8P2/c1-2-4(5)3-11-14(9,10)12-13(6,7)8/h2-3H2,1H3,(H,9,10)(H2,6,7,8). The van der Waals surface area contributed by atoms with E-state index in [1.807, 2.05) is 0 Å². The highest BCUT2D eigenvalue weighted by Gasteiger charge is 2.32. The van der Waals surface area contributed by atoms with Crippen LogP contribution in [0.1, 0.15) is 13.3 Å². The molecule has 0 spiro atoms. The van der Waals surface area contributed by atoms with Crippen molar-refractivity contribution in [1.82, 2.24) is 0 Å². The molecule has 14 heavy (non-hydrogen) atoms. The van der Waals surface area contributed by atoms with Crippen molar-refractivity contribution in [3.8, 4) is 0 Å². The van der Waals surface area contributed by atoms with Gasteiger partial charge in [0.1, 0.15) is 6.61 Å². The van der Waals surface area contributed by atoms with Gasteiger partial charge < -0.3 is 14.7 Å². The summed E-state index contributed by atoms with van der Waals surface area (Å²) in [5.41, 5.74) is 0. The zero-order valence-corrected chi connectivity index (χ0v) is 8.98. The quantitative estimate of drug-likeness (QED) is 0.568. The van der Waals surface area contributed by atoms with Gasteiger partial charge in [-0.1, -0.05) is 6.92 Å². The van der Waals surface area contributed by atoms with E-state index in [4.69, 9.17) is 14.7 Å². The second kappa shape index (κ2) is 5.14. The molecule has 0 fully saturated rings. The SMILES string of the molecule is CCC(=O)COP(=O)(O)OP(=O)(O)O. The second-order valence-corrected chi connectivity index (χ2v) is 5.04. The van der Waals surface area contributed by atoms with Crippen LogP contribution in [0.3, 0.4) is 0 Å². The number of phosphoric acid groups is 2. The molecule has 0 amide bonds. The van der Waals surface area contributed by atoms with Gasteiger partial charge in [-0.05, 0) is 0 Å². The summed E-state index contributed by atoms with van der Waals surface area (Å²) in [6, 6.07) is 0. The number of hydrogen-bond donors (Lipinski definition) is 3. The predicted octanol–water partition coefficient (Wildman–Crippen LogP) is 0.192. The summed E-state index contributed by atoms with van der Waals surface area (Å²) in [6.45, 7) is 0.766. The second-order valence-electron chi connectivity index (χ2n) is 2.21. The van der Waals surface area contributed by atoms with Crippen LogP contribution >= 0.6 is 15.6 Å². The molecule has 0 aliphatic rings. The van der Waals surface area contributed by atoms with Gasteiger partial charge >= 0.3 is 15.6 Å². The molecule has 0 aromatic rings. The Balaban J connectivity index is 4.16. The number of phosphoric ester groups is 1. The molecule has 0 heterocycles. The molecule has 8 nitrogen and oxygen atoms in total. The molecule has 0 radical (unpaired) electrons. The van der Waals surface area contributed by atoms with Gasteiger partial charge in [-0.15, -0.1) is 0 Å². The minimum Gasteiger partial charge on any atom is -0.302 e. The minimum absolute atomic E-state index is 0.0793. The van der Waals surface area contributed by atoms with Gasteiger partial charge in [-0.2, -0.15) is 4.31 Å². The summed E-state index contributed by atoms with van der Waals surface area (Å²) in [7, 11) is -9.97. The Morgan fingerprint density at radius 1 is 1.29 bits per heavy atom. The number of Topliss-reactive ketones (excluding diaryl/α,β-unsaturated/α-hetero) is 1. The van der Waals surface area contributed by atoms with Crippen molar-refractivity contribution in [2.24, 2.45) is 0 Å². The maximum atomic E-state index is 10.7. The van der Waals surface area contributed by atoms with Gasteiger partial charge in [0.15, 0.2) is 5.78 Å². The molecular weight excluding hydrogens is 238 g/mol. The highest BCUT2D eigenvalue weighted by molar-refractivity contribution is 7.60. The zero-order chi connectivity index (χ0) is 11.4. The normalized spacial score (nSPS) is 16.3. The first kappa shape index (κ1) is 13.9. The molecule has 0 saturated heterocycles. The fraction of sp³-hybridized carbons (Fsp3) is 0.750. The number of rotatable bonds is 6. The van der Waals surface area contributed by atoms with E-state index in [0.717, 1.165) is 0 Å². The molecule has 84 valence electrons. The number of hydrogen-bond acceptors (Lipinski definition) is 5. The molecule has 0 aromatic carbocycles. The molecule has 10 heteroatoms. The van der Waals surface area contributed by atoms with Crippen LogP contribution in [0.15, 0.2) is 0 Å². The maximum Gasteiger partial charge on any atom is 0.481 e. The van der Waals surface area contributed by atoms with E-state index in [0.29, 0.717) is 0 Å². The van der Waals surface area contributed by atoms with Gasteiger partial charge in [0.05, 0.1) is 0 Å². The highest BCUT2D eigenvalue weighted by atomic mass is 31.3. The van der Waals surface area contributed by atoms with Gasteiger partial charge in [-0.25, -0.2) is 9.13 Å². The molecule has 0 rings (SSSR count). The average molecular weight is 248 g/mol. The van der Waals surface area contributed by atoms with Gasteiger partial charge in [0.25, 0.3) is 0 Å². The van der Waals surface area contributed by atoms with Crippen molar-refractivity contribution in [1.29, 1.82) is 0 Å². The van der Waals surface area contributed by atoms with Gasteiger partial charge in [-0.3, -0.25) is 9.32 Å². The lowest BCUT2D eigenvalue weighted by Gasteiger charge is -2.11. The van der Waals surface area contributed by atoms with Gasteiger partial charge in [0, 0.05) is 6.42 Å². The van der Waals surface area contributed by atoms with E-state index >= 15 is 0 Å². The summed E-state index contributed by atoms with van der Waals surface area (Å²) >= 11 is 0. The third-order valence-corrected chi connectivity index (χ3v) is 3.12. The number of carbonyl (C=O) groups is 1. The van der Waals surface area contributed by atoms with Crippen LogP contribution < -0.4 is 0 Å². The Kier molecular flexibility index (Phi) is 5.11. The third kappa shape index (κ3) is 7.34. The molecule has 1 unspecified atom stereocenters. The van der Waals surface area contributed by atoms with Crippen molar-refractivity contribution in [3.05, 3.63) is 0 Å². The van der Waals surface area contributed by atoms with Crippen LogP contribution in [0.4, 0.5) is 0 Å². The highest BCUT2D eigenvalue weighted by Crippen LogP contribution is 2.57. The van der Waals surface area contributed by atoms with Crippen molar-refractivity contribution in [2.75, 3.05) is 6.61 Å². The molecule has 0 bridgehead atoms. The van der Waals surface area contributed by atoms with Crippen molar-refractivity contribution >= 4 is 21.4 Å². The van der Waals surface area contributed by atoms with E-state index in [-0.39, 0.29) is 6.42 Å². The fourth-order valence-corrected chi connectivity index (χ4v) is 1.98. The first-order valence-corrected chi connectivity index (χ1v) is 6.45. The van der Waals surface area contributed by atoms with Crippen LogP contribution in [0.25, 0.3) is 0 Å². The van der Waals surface area contributed by atoms with E-state index in [1.165, 1.54) is 6.92 Å². The van der Waals surface area contributed by atoms with E-state index < -0.39 is 28.0 Å².